The Kier molecular flexibility index (Phi) is 5.45. The molecule has 0 saturated carbocycles. The zero-order chi connectivity index (χ0) is 14.4. The average molecular weight is 283 g/mol. The van der Waals surface area contributed by atoms with E-state index in [1.807, 2.05) is 13.1 Å². The third kappa shape index (κ3) is 3.99. The molecule has 0 bridgehead atoms. The first-order chi connectivity index (χ1) is 9.70. The van der Waals surface area contributed by atoms with E-state index in [0.717, 1.165) is 6.54 Å². The van der Waals surface area contributed by atoms with E-state index in [9.17, 15) is 0 Å². The monoisotopic (exact) mass is 283 g/mol. The average Bonchev–Trinajstić information content (AvgIpc) is 2.48. The fraction of sp³-hybridized carbons (Fsp3) is 0.222. The van der Waals surface area contributed by atoms with Crippen LogP contribution < -0.4 is 5.32 Å². The summed E-state index contributed by atoms with van der Waals surface area (Å²) in [6.07, 6.45) is 0. The summed E-state index contributed by atoms with van der Waals surface area (Å²) in [5.74, 6) is 0. The fourth-order valence-corrected chi connectivity index (χ4v) is 2.88. The van der Waals surface area contributed by atoms with Crippen molar-refractivity contribution in [2.45, 2.75) is 23.6 Å². The van der Waals surface area contributed by atoms with Gasteiger partial charge in [-0.15, -0.1) is 0 Å². The molecule has 20 heavy (non-hydrogen) atoms. The molecule has 2 heteroatoms. The first-order valence-electron chi connectivity index (χ1n) is 6.85. The topological polar surface area (TPSA) is 12.0 Å². The molecule has 0 atom stereocenters. The van der Waals surface area contributed by atoms with Crippen LogP contribution in [0.3, 0.4) is 0 Å². The fourth-order valence-electron chi connectivity index (χ4n) is 2.04. The standard InChI is InChI=1S/C18H21NS/c1-14(13-19-3)15(2)16-9-11-18(12-10-16)20-17-7-5-4-6-8-17/h4-12,19H,13H2,1-3H3. The lowest BCUT2D eigenvalue weighted by molar-refractivity contribution is 0.881. The van der Waals surface area contributed by atoms with Crippen LogP contribution in [0.5, 0.6) is 0 Å². The van der Waals surface area contributed by atoms with E-state index < -0.39 is 0 Å². The predicted molar refractivity (Wildman–Crippen MR) is 89.2 cm³/mol. The molecule has 0 aliphatic heterocycles. The molecule has 0 radical (unpaired) electrons. The summed E-state index contributed by atoms with van der Waals surface area (Å²) in [5, 5.41) is 3.20. The number of nitrogens with one attached hydrogen (secondary N) is 1. The molecule has 0 unspecified atom stereocenters. The van der Waals surface area contributed by atoms with E-state index in [1.165, 1.54) is 26.5 Å². The molecule has 0 fully saturated rings. The van der Waals surface area contributed by atoms with E-state index in [-0.39, 0.29) is 0 Å². The maximum atomic E-state index is 3.20. The van der Waals surface area contributed by atoms with Gasteiger partial charge in [0.05, 0.1) is 0 Å². The van der Waals surface area contributed by atoms with Gasteiger partial charge in [-0.2, -0.15) is 0 Å². The van der Waals surface area contributed by atoms with Crippen LogP contribution >= 0.6 is 11.8 Å². The van der Waals surface area contributed by atoms with Crippen molar-refractivity contribution in [1.29, 1.82) is 0 Å². The lowest BCUT2D eigenvalue weighted by Gasteiger charge is -2.09. The molecule has 0 saturated heterocycles. The summed E-state index contributed by atoms with van der Waals surface area (Å²) >= 11 is 1.80. The second-order valence-corrected chi connectivity index (χ2v) is 6.02. The quantitative estimate of drug-likeness (QED) is 0.841. The number of hydrogen-bond donors (Lipinski definition) is 1. The van der Waals surface area contributed by atoms with E-state index >= 15 is 0 Å². The largest absolute Gasteiger partial charge is 0.316 e. The molecule has 2 aromatic carbocycles. The van der Waals surface area contributed by atoms with Gasteiger partial charge >= 0.3 is 0 Å². The molecule has 104 valence electrons. The third-order valence-corrected chi connectivity index (χ3v) is 4.36. The molecule has 0 heterocycles. The van der Waals surface area contributed by atoms with Crippen molar-refractivity contribution in [2.24, 2.45) is 0 Å². The van der Waals surface area contributed by atoms with Crippen LogP contribution in [0.2, 0.25) is 0 Å². The summed E-state index contributed by atoms with van der Waals surface area (Å²) < 4.78 is 0. The molecule has 0 aliphatic carbocycles. The minimum absolute atomic E-state index is 0.937. The molecular weight excluding hydrogens is 262 g/mol. The lowest BCUT2D eigenvalue weighted by Crippen LogP contribution is -2.09. The number of hydrogen-bond acceptors (Lipinski definition) is 2. The highest BCUT2D eigenvalue weighted by atomic mass is 32.2. The van der Waals surface area contributed by atoms with E-state index in [1.54, 1.807) is 11.8 Å². The van der Waals surface area contributed by atoms with Crippen molar-refractivity contribution < 1.29 is 0 Å². The number of likely N-dealkylation sites (N-methyl/N-ethyl adjacent to an activating group) is 1. The minimum Gasteiger partial charge on any atom is -0.316 e. The first-order valence-corrected chi connectivity index (χ1v) is 7.66. The summed E-state index contributed by atoms with van der Waals surface area (Å²) in [6.45, 7) is 5.30. The Hall–Kier alpha value is -1.51. The van der Waals surface area contributed by atoms with Gasteiger partial charge in [-0.05, 0) is 56.3 Å². The van der Waals surface area contributed by atoms with Crippen LogP contribution in [0, 0.1) is 0 Å². The van der Waals surface area contributed by atoms with Gasteiger partial charge in [-0.25, -0.2) is 0 Å². The second-order valence-electron chi connectivity index (χ2n) is 4.88. The second kappa shape index (κ2) is 7.32. The van der Waals surface area contributed by atoms with Crippen LogP contribution in [0.15, 0.2) is 70.0 Å². The van der Waals surface area contributed by atoms with Gasteiger partial charge in [-0.1, -0.05) is 47.7 Å². The summed E-state index contributed by atoms with van der Waals surface area (Å²) in [5.41, 5.74) is 4.04. The molecular formula is C18H21NS. The van der Waals surface area contributed by atoms with Gasteiger partial charge in [0, 0.05) is 16.3 Å². The Labute approximate surface area is 126 Å². The highest BCUT2D eigenvalue weighted by molar-refractivity contribution is 7.99. The first kappa shape index (κ1) is 14.9. The smallest absolute Gasteiger partial charge is 0.0164 e. The Morgan fingerprint density at radius 2 is 1.50 bits per heavy atom. The summed E-state index contributed by atoms with van der Waals surface area (Å²) in [6, 6.07) is 19.3. The zero-order valence-electron chi connectivity index (χ0n) is 12.3. The molecule has 0 amide bonds. The molecule has 1 nitrogen and oxygen atoms in total. The number of rotatable bonds is 5. The Bertz CT molecular complexity index is 570. The van der Waals surface area contributed by atoms with Crippen molar-refractivity contribution in [3.05, 3.63) is 65.7 Å². The molecule has 0 spiro atoms. The maximum Gasteiger partial charge on any atom is 0.0164 e. The Balaban J connectivity index is 2.12. The van der Waals surface area contributed by atoms with Crippen molar-refractivity contribution in [3.8, 4) is 0 Å². The van der Waals surface area contributed by atoms with E-state index in [0.29, 0.717) is 0 Å². The van der Waals surface area contributed by atoms with Gasteiger partial charge in [0.25, 0.3) is 0 Å². The maximum absolute atomic E-state index is 3.20. The molecule has 2 aromatic rings. The van der Waals surface area contributed by atoms with E-state index in [2.05, 4.69) is 67.7 Å². The van der Waals surface area contributed by atoms with Gasteiger partial charge < -0.3 is 5.32 Å². The van der Waals surface area contributed by atoms with Crippen molar-refractivity contribution >= 4 is 17.3 Å². The number of benzene rings is 2. The van der Waals surface area contributed by atoms with Crippen molar-refractivity contribution in [1.82, 2.24) is 5.32 Å². The molecule has 1 N–H and O–H groups in total. The Morgan fingerprint density at radius 1 is 0.900 bits per heavy atom. The van der Waals surface area contributed by atoms with Gasteiger partial charge in [0.2, 0.25) is 0 Å². The van der Waals surface area contributed by atoms with Crippen LogP contribution in [0.25, 0.3) is 5.57 Å². The SMILES string of the molecule is CNCC(C)=C(C)c1ccc(Sc2ccccc2)cc1. The van der Waals surface area contributed by atoms with Gasteiger partial charge in [-0.3, -0.25) is 0 Å². The lowest BCUT2D eigenvalue weighted by atomic mass is 10.0. The van der Waals surface area contributed by atoms with Crippen molar-refractivity contribution in [2.75, 3.05) is 13.6 Å². The van der Waals surface area contributed by atoms with Crippen LogP contribution in [-0.2, 0) is 0 Å². The predicted octanol–water partition coefficient (Wildman–Crippen LogP) is 4.85. The van der Waals surface area contributed by atoms with Gasteiger partial charge in [0.1, 0.15) is 0 Å². The number of allylic oxidation sites excluding steroid dienone is 1. The highest BCUT2D eigenvalue weighted by Crippen LogP contribution is 2.28. The Morgan fingerprint density at radius 3 is 2.10 bits per heavy atom. The van der Waals surface area contributed by atoms with Gasteiger partial charge in [0.15, 0.2) is 0 Å². The van der Waals surface area contributed by atoms with Crippen molar-refractivity contribution in [3.63, 3.8) is 0 Å². The normalized spacial score (nSPS) is 12.2. The van der Waals surface area contributed by atoms with Crippen LogP contribution in [0.1, 0.15) is 19.4 Å². The molecule has 0 aliphatic rings. The third-order valence-electron chi connectivity index (χ3n) is 3.35. The van der Waals surface area contributed by atoms with Crippen LogP contribution in [0.4, 0.5) is 0 Å². The van der Waals surface area contributed by atoms with E-state index in [4.69, 9.17) is 0 Å². The minimum atomic E-state index is 0.937. The molecule has 2 rings (SSSR count). The summed E-state index contributed by atoms with van der Waals surface area (Å²) in [4.78, 5) is 2.55. The summed E-state index contributed by atoms with van der Waals surface area (Å²) in [7, 11) is 1.98. The van der Waals surface area contributed by atoms with Crippen LogP contribution in [-0.4, -0.2) is 13.6 Å². The zero-order valence-corrected chi connectivity index (χ0v) is 13.1. The molecule has 0 aromatic heterocycles. The highest BCUT2D eigenvalue weighted by Gasteiger charge is 2.01.